The van der Waals surface area contributed by atoms with E-state index in [9.17, 15) is 4.79 Å². The zero-order valence-electron chi connectivity index (χ0n) is 18.3. The summed E-state index contributed by atoms with van der Waals surface area (Å²) < 4.78 is 16.6. The lowest BCUT2D eigenvalue weighted by molar-refractivity contribution is 0.0937. The van der Waals surface area contributed by atoms with Crippen molar-refractivity contribution >= 4 is 17.7 Å². The Hall–Kier alpha value is -2.93. The summed E-state index contributed by atoms with van der Waals surface area (Å²) in [5, 5.41) is 7.00. The number of nitrogens with zero attached hydrogens (tertiary/aromatic N) is 1. The molecule has 31 heavy (non-hydrogen) atoms. The van der Waals surface area contributed by atoms with Gasteiger partial charge in [0.15, 0.2) is 11.5 Å². The average Bonchev–Trinajstić information content (AvgIpc) is 3.19. The van der Waals surface area contributed by atoms with Gasteiger partial charge in [0, 0.05) is 11.0 Å². The van der Waals surface area contributed by atoms with Gasteiger partial charge in [-0.3, -0.25) is 4.79 Å². The molecule has 0 radical (unpaired) electrons. The summed E-state index contributed by atoms with van der Waals surface area (Å²) in [6.07, 6.45) is 0. The number of aromatic nitrogens is 1. The Kier molecular flexibility index (Phi) is 8.00. The first kappa shape index (κ1) is 22.7. The van der Waals surface area contributed by atoms with Gasteiger partial charge in [0.05, 0.1) is 36.3 Å². The second-order valence-electron chi connectivity index (χ2n) is 6.99. The number of carbonyl (C=O) groups excluding carboxylic acids is 1. The van der Waals surface area contributed by atoms with Crippen LogP contribution >= 0.6 is 11.8 Å². The lowest BCUT2D eigenvalue weighted by atomic mass is 10.1. The minimum Gasteiger partial charge on any atom is -0.490 e. The fraction of sp³-hybridized carbons (Fsp3) is 0.333. The van der Waals surface area contributed by atoms with Gasteiger partial charge in [0.25, 0.3) is 5.91 Å². The Balaban J connectivity index is 1.71. The monoisotopic (exact) mass is 440 g/mol. The van der Waals surface area contributed by atoms with Crippen LogP contribution in [0.4, 0.5) is 0 Å². The predicted octanol–water partition coefficient (Wildman–Crippen LogP) is 5.56. The van der Waals surface area contributed by atoms with Gasteiger partial charge in [0.2, 0.25) is 0 Å². The number of amides is 1. The molecule has 1 heterocycles. The van der Waals surface area contributed by atoms with Crippen LogP contribution in [-0.2, 0) is 5.75 Å². The lowest BCUT2D eigenvalue weighted by Gasteiger charge is -2.18. The number of carbonyl (C=O) groups is 1. The zero-order chi connectivity index (χ0) is 22.2. The minimum absolute atomic E-state index is 0.129. The van der Waals surface area contributed by atoms with Gasteiger partial charge < -0.3 is 19.3 Å². The van der Waals surface area contributed by atoms with Crippen LogP contribution in [0.1, 0.15) is 54.2 Å². The van der Waals surface area contributed by atoms with E-state index >= 15 is 0 Å². The predicted molar refractivity (Wildman–Crippen MR) is 122 cm³/mol. The van der Waals surface area contributed by atoms with Crippen molar-refractivity contribution in [1.29, 1.82) is 0 Å². The molecule has 7 heteroatoms. The molecule has 0 spiro atoms. The molecule has 6 nitrogen and oxygen atoms in total. The van der Waals surface area contributed by atoms with Crippen LogP contribution in [0.15, 0.2) is 57.9 Å². The summed E-state index contributed by atoms with van der Waals surface area (Å²) in [6, 6.07) is 15.0. The molecule has 0 aliphatic carbocycles. The molecule has 1 amide bonds. The maximum Gasteiger partial charge on any atom is 0.252 e. The van der Waals surface area contributed by atoms with Crippen molar-refractivity contribution in [3.63, 3.8) is 0 Å². The highest BCUT2D eigenvalue weighted by molar-refractivity contribution is 7.98. The Labute approximate surface area is 187 Å². The van der Waals surface area contributed by atoms with Crippen LogP contribution in [0.25, 0.3) is 0 Å². The number of rotatable bonds is 10. The largest absolute Gasteiger partial charge is 0.490 e. The maximum absolute atomic E-state index is 13.0. The highest BCUT2D eigenvalue weighted by Gasteiger charge is 2.17. The van der Waals surface area contributed by atoms with Crippen molar-refractivity contribution in [3.05, 3.63) is 71.1 Å². The molecule has 0 saturated heterocycles. The fourth-order valence-electron chi connectivity index (χ4n) is 3.11. The third-order valence-electron chi connectivity index (χ3n) is 4.59. The summed E-state index contributed by atoms with van der Waals surface area (Å²) in [5.74, 6) is 2.65. The standard InChI is InChI=1S/C24H28N2O4S/c1-5-28-21-12-11-18(14-22(21)29-6-2)17(4)25-24(27)20-9-7-8-10-23(20)31-15-19-13-16(3)26-30-19/h7-14,17H,5-6,15H2,1-4H3,(H,25,27). The summed E-state index contributed by atoms with van der Waals surface area (Å²) in [5.41, 5.74) is 2.42. The van der Waals surface area contributed by atoms with Crippen LogP contribution in [0, 0.1) is 6.92 Å². The summed E-state index contributed by atoms with van der Waals surface area (Å²) >= 11 is 1.55. The van der Waals surface area contributed by atoms with Crippen molar-refractivity contribution in [2.75, 3.05) is 13.2 Å². The molecule has 164 valence electrons. The van der Waals surface area contributed by atoms with Crippen molar-refractivity contribution in [3.8, 4) is 11.5 Å². The second-order valence-corrected chi connectivity index (χ2v) is 8.00. The number of benzene rings is 2. The van der Waals surface area contributed by atoms with Gasteiger partial charge in [0.1, 0.15) is 5.76 Å². The Bertz CT molecular complexity index is 1020. The molecule has 0 aliphatic rings. The van der Waals surface area contributed by atoms with Crippen molar-refractivity contribution in [1.82, 2.24) is 10.5 Å². The van der Waals surface area contributed by atoms with Crippen LogP contribution in [-0.4, -0.2) is 24.3 Å². The molecular formula is C24H28N2O4S. The number of hydrogen-bond donors (Lipinski definition) is 1. The number of hydrogen-bond acceptors (Lipinski definition) is 6. The summed E-state index contributed by atoms with van der Waals surface area (Å²) in [4.78, 5) is 13.9. The molecule has 0 saturated carbocycles. The smallest absolute Gasteiger partial charge is 0.252 e. The van der Waals surface area contributed by atoms with E-state index in [1.165, 1.54) is 0 Å². The fourth-order valence-corrected chi connectivity index (χ4v) is 4.03. The first-order valence-corrected chi connectivity index (χ1v) is 11.3. The van der Waals surface area contributed by atoms with Gasteiger partial charge in [-0.1, -0.05) is 23.4 Å². The van der Waals surface area contributed by atoms with E-state index in [0.717, 1.165) is 21.9 Å². The lowest BCUT2D eigenvalue weighted by Crippen LogP contribution is -2.27. The molecule has 1 unspecified atom stereocenters. The van der Waals surface area contributed by atoms with E-state index in [-0.39, 0.29) is 11.9 Å². The van der Waals surface area contributed by atoms with Gasteiger partial charge >= 0.3 is 0 Å². The topological polar surface area (TPSA) is 73.6 Å². The van der Waals surface area contributed by atoms with Crippen LogP contribution in [0.2, 0.25) is 0 Å². The van der Waals surface area contributed by atoms with Gasteiger partial charge in [-0.05, 0) is 57.5 Å². The van der Waals surface area contributed by atoms with E-state index in [1.54, 1.807) is 11.8 Å². The van der Waals surface area contributed by atoms with E-state index in [0.29, 0.717) is 36.0 Å². The molecule has 0 fully saturated rings. The normalized spacial score (nSPS) is 11.7. The molecular weight excluding hydrogens is 412 g/mol. The van der Waals surface area contributed by atoms with Crippen molar-refractivity contribution in [2.24, 2.45) is 0 Å². The Morgan fingerprint density at radius 3 is 2.55 bits per heavy atom. The number of aryl methyl sites for hydroxylation is 1. The number of nitrogens with one attached hydrogen (secondary N) is 1. The Morgan fingerprint density at radius 2 is 1.84 bits per heavy atom. The molecule has 1 N–H and O–H groups in total. The van der Waals surface area contributed by atoms with Crippen LogP contribution < -0.4 is 14.8 Å². The summed E-state index contributed by atoms with van der Waals surface area (Å²) in [7, 11) is 0. The average molecular weight is 441 g/mol. The number of ether oxygens (including phenoxy) is 2. The molecule has 0 bridgehead atoms. The van der Waals surface area contributed by atoms with E-state index in [1.807, 2.05) is 76.2 Å². The van der Waals surface area contributed by atoms with E-state index < -0.39 is 0 Å². The minimum atomic E-state index is -0.197. The van der Waals surface area contributed by atoms with Crippen molar-refractivity contribution < 1.29 is 18.8 Å². The van der Waals surface area contributed by atoms with E-state index in [2.05, 4.69) is 10.5 Å². The molecule has 2 aromatic carbocycles. The summed E-state index contributed by atoms with van der Waals surface area (Å²) in [6.45, 7) is 8.82. The van der Waals surface area contributed by atoms with Crippen LogP contribution in [0.5, 0.6) is 11.5 Å². The first-order valence-electron chi connectivity index (χ1n) is 10.4. The second kappa shape index (κ2) is 10.9. The molecule has 3 aromatic rings. The molecule has 3 rings (SSSR count). The van der Waals surface area contributed by atoms with E-state index in [4.69, 9.17) is 14.0 Å². The third-order valence-corrected chi connectivity index (χ3v) is 5.69. The van der Waals surface area contributed by atoms with Gasteiger partial charge in [-0.15, -0.1) is 11.8 Å². The highest BCUT2D eigenvalue weighted by atomic mass is 32.2. The molecule has 0 aliphatic heterocycles. The molecule has 1 aromatic heterocycles. The van der Waals surface area contributed by atoms with Crippen molar-refractivity contribution in [2.45, 2.75) is 44.4 Å². The quantitative estimate of drug-likeness (QED) is 0.416. The van der Waals surface area contributed by atoms with Gasteiger partial charge in [-0.25, -0.2) is 0 Å². The first-order chi connectivity index (χ1) is 15.0. The van der Waals surface area contributed by atoms with Crippen LogP contribution in [0.3, 0.4) is 0 Å². The number of thioether (sulfide) groups is 1. The zero-order valence-corrected chi connectivity index (χ0v) is 19.1. The third kappa shape index (κ3) is 6.04. The molecule has 1 atom stereocenters. The van der Waals surface area contributed by atoms with Gasteiger partial charge in [-0.2, -0.15) is 0 Å². The Morgan fingerprint density at radius 1 is 1.10 bits per heavy atom. The maximum atomic E-state index is 13.0. The highest BCUT2D eigenvalue weighted by Crippen LogP contribution is 2.31. The SMILES string of the molecule is CCOc1ccc(C(C)NC(=O)c2ccccc2SCc2cc(C)no2)cc1OCC.